The molecule has 134 valence electrons. The number of aliphatic imine (C=N–C) groups is 1. The van der Waals surface area contributed by atoms with Crippen LogP contribution >= 0.6 is 15.9 Å². The minimum Gasteiger partial charge on any atom is -0.357 e. The molecule has 0 spiro atoms. The van der Waals surface area contributed by atoms with Crippen molar-refractivity contribution in [2.45, 2.75) is 57.4 Å². The normalized spacial score (nSPS) is 22.9. The van der Waals surface area contributed by atoms with E-state index in [1.165, 1.54) is 5.56 Å². The highest BCUT2D eigenvalue weighted by Gasteiger charge is 2.25. The second kappa shape index (κ2) is 10.2. The molecule has 1 aromatic carbocycles. The molecular formula is C18H28BrN3OS. The van der Waals surface area contributed by atoms with Crippen LogP contribution in [0.15, 0.2) is 33.7 Å². The topological polar surface area (TPSA) is 53.5 Å². The molecule has 0 amide bonds. The number of halogens is 1. The van der Waals surface area contributed by atoms with Gasteiger partial charge in [0.2, 0.25) is 0 Å². The summed E-state index contributed by atoms with van der Waals surface area (Å²) in [6.45, 7) is 5.57. The van der Waals surface area contributed by atoms with Crippen molar-refractivity contribution >= 4 is 32.7 Å². The molecule has 6 heteroatoms. The lowest BCUT2D eigenvalue weighted by Crippen LogP contribution is -2.46. The molecule has 4 nitrogen and oxygen atoms in total. The molecule has 2 rings (SSSR count). The first-order chi connectivity index (χ1) is 11.6. The molecule has 3 atom stereocenters. The predicted molar refractivity (Wildman–Crippen MR) is 107 cm³/mol. The highest BCUT2D eigenvalue weighted by Crippen LogP contribution is 2.23. The molecule has 0 aromatic heterocycles. The average Bonchev–Trinajstić information content (AvgIpc) is 2.59. The molecular weight excluding hydrogens is 386 g/mol. The number of hydrogen-bond donors (Lipinski definition) is 2. The summed E-state index contributed by atoms with van der Waals surface area (Å²) in [6, 6.07) is 8.58. The van der Waals surface area contributed by atoms with Gasteiger partial charge in [-0.3, -0.25) is 4.21 Å². The third-order valence-corrected chi connectivity index (χ3v) is 6.51. The van der Waals surface area contributed by atoms with Crippen LogP contribution in [0.25, 0.3) is 0 Å². The van der Waals surface area contributed by atoms with Crippen LogP contribution in [0.2, 0.25) is 0 Å². The van der Waals surface area contributed by atoms with Gasteiger partial charge in [-0.15, -0.1) is 0 Å². The number of nitrogens with zero attached hydrogens (tertiary/aromatic N) is 1. The molecule has 3 unspecified atom stereocenters. The quantitative estimate of drug-likeness (QED) is 0.553. The molecule has 2 N–H and O–H groups in total. The first kappa shape index (κ1) is 19.4. The van der Waals surface area contributed by atoms with Gasteiger partial charge in [-0.2, -0.15) is 0 Å². The van der Waals surface area contributed by atoms with Crippen molar-refractivity contribution in [2.24, 2.45) is 4.99 Å². The summed E-state index contributed by atoms with van der Waals surface area (Å²) in [6.07, 6.45) is 4.32. The zero-order chi connectivity index (χ0) is 17.4. The van der Waals surface area contributed by atoms with E-state index >= 15 is 0 Å². The van der Waals surface area contributed by atoms with E-state index in [4.69, 9.17) is 4.99 Å². The second-order valence-corrected chi connectivity index (χ2v) is 9.05. The first-order valence-electron chi connectivity index (χ1n) is 8.78. The van der Waals surface area contributed by atoms with Crippen LogP contribution in [0.3, 0.4) is 0 Å². The van der Waals surface area contributed by atoms with Gasteiger partial charge in [-0.1, -0.05) is 41.4 Å². The van der Waals surface area contributed by atoms with E-state index in [0.717, 1.165) is 48.4 Å². The first-order valence-corrected chi connectivity index (χ1v) is 11.0. The Bertz CT molecular complexity index is 579. The van der Waals surface area contributed by atoms with E-state index < -0.39 is 10.8 Å². The molecule has 0 aliphatic heterocycles. The largest absolute Gasteiger partial charge is 0.357 e. The molecule has 1 fully saturated rings. The SMILES string of the molecule is CCNC(=NCc1cccc(Br)c1)NC1CCCC(S(=O)CC)C1. The van der Waals surface area contributed by atoms with E-state index in [1.54, 1.807) is 0 Å². The van der Waals surface area contributed by atoms with E-state index in [-0.39, 0.29) is 0 Å². The number of guanidine groups is 1. The van der Waals surface area contributed by atoms with Gasteiger partial charge in [-0.05, 0) is 43.9 Å². The second-order valence-electron chi connectivity index (χ2n) is 6.12. The molecule has 1 aliphatic carbocycles. The van der Waals surface area contributed by atoms with Gasteiger partial charge in [-0.25, -0.2) is 4.99 Å². The summed E-state index contributed by atoms with van der Waals surface area (Å²) in [5.74, 6) is 1.61. The standard InChI is InChI=1S/C18H28BrN3OS/c1-3-20-18(21-13-14-7-5-8-15(19)11-14)22-16-9-6-10-17(12-16)24(23)4-2/h5,7-8,11,16-17H,3-4,6,9-10,12-13H2,1-2H3,(H2,20,21,22). The van der Waals surface area contributed by atoms with Crippen molar-refractivity contribution in [3.05, 3.63) is 34.3 Å². The number of hydrogen-bond acceptors (Lipinski definition) is 2. The number of nitrogens with one attached hydrogen (secondary N) is 2. The van der Waals surface area contributed by atoms with Crippen molar-refractivity contribution in [1.29, 1.82) is 0 Å². The van der Waals surface area contributed by atoms with E-state index in [0.29, 0.717) is 17.8 Å². The highest BCUT2D eigenvalue weighted by atomic mass is 79.9. The molecule has 0 bridgehead atoms. The Balaban J connectivity index is 1.97. The van der Waals surface area contributed by atoms with E-state index in [9.17, 15) is 4.21 Å². The highest BCUT2D eigenvalue weighted by molar-refractivity contribution is 9.10. The van der Waals surface area contributed by atoms with Crippen molar-refractivity contribution in [2.75, 3.05) is 12.3 Å². The lowest BCUT2D eigenvalue weighted by molar-refractivity contribution is 0.413. The summed E-state index contributed by atoms with van der Waals surface area (Å²) in [7, 11) is -0.694. The van der Waals surface area contributed by atoms with Crippen molar-refractivity contribution < 1.29 is 4.21 Å². The van der Waals surface area contributed by atoms with Crippen LogP contribution in [0.5, 0.6) is 0 Å². The lowest BCUT2D eigenvalue weighted by Gasteiger charge is -2.30. The number of rotatable bonds is 6. The van der Waals surface area contributed by atoms with Crippen LogP contribution < -0.4 is 10.6 Å². The van der Waals surface area contributed by atoms with E-state index in [1.807, 2.05) is 19.1 Å². The number of benzene rings is 1. The minimum atomic E-state index is -0.694. The summed E-state index contributed by atoms with van der Waals surface area (Å²) in [5, 5.41) is 7.20. The molecule has 1 saturated carbocycles. The monoisotopic (exact) mass is 413 g/mol. The molecule has 24 heavy (non-hydrogen) atoms. The van der Waals surface area contributed by atoms with Crippen LogP contribution in [0, 0.1) is 0 Å². The molecule has 0 heterocycles. The molecule has 0 radical (unpaired) electrons. The molecule has 1 aliphatic rings. The molecule has 0 saturated heterocycles. The summed E-state index contributed by atoms with van der Waals surface area (Å²) >= 11 is 3.50. The van der Waals surface area contributed by atoms with Gasteiger partial charge in [0.15, 0.2) is 5.96 Å². The maximum Gasteiger partial charge on any atom is 0.191 e. The van der Waals surface area contributed by atoms with Crippen molar-refractivity contribution in [1.82, 2.24) is 10.6 Å². The van der Waals surface area contributed by atoms with Crippen molar-refractivity contribution in [3.8, 4) is 0 Å². The summed E-state index contributed by atoms with van der Waals surface area (Å²) < 4.78 is 13.2. The third-order valence-electron chi connectivity index (χ3n) is 4.28. The van der Waals surface area contributed by atoms with Gasteiger partial charge in [0.25, 0.3) is 0 Å². The smallest absolute Gasteiger partial charge is 0.191 e. The van der Waals surface area contributed by atoms with Gasteiger partial charge >= 0.3 is 0 Å². The fraction of sp³-hybridized carbons (Fsp3) is 0.611. The van der Waals surface area contributed by atoms with Gasteiger partial charge in [0.05, 0.1) is 6.54 Å². The Hall–Kier alpha value is -0.880. The van der Waals surface area contributed by atoms with E-state index in [2.05, 4.69) is 45.6 Å². The predicted octanol–water partition coefficient (Wildman–Crippen LogP) is 3.58. The summed E-state index contributed by atoms with van der Waals surface area (Å²) in [5.41, 5.74) is 1.18. The Morgan fingerprint density at radius 1 is 1.38 bits per heavy atom. The van der Waals surface area contributed by atoms with Crippen LogP contribution in [-0.2, 0) is 17.3 Å². The van der Waals surface area contributed by atoms with Crippen LogP contribution in [-0.4, -0.2) is 33.8 Å². The zero-order valence-electron chi connectivity index (χ0n) is 14.6. The van der Waals surface area contributed by atoms with Gasteiger partial charge < -0.3 is 10.6 Å². The summed E-state index contributed by atoms with van der Waals surface area (Å²) in [4.78, 5) is 4.71. The Morgan fingerprint density at radius 3 is 2.92 bits per heavy atom. The maximum absolute atomic E-state index is 12.1. The fourth-order valence-electron chi connectivity index (χ4n) is 3.07. The maximum atomic E-state index is 12.1. The Morgan fingerprint density at radius 2 is 2.21 bits per heavy atom. The Kier molecular flexibility index (Phi) is 8.25. The van der Waals surface area contributed by atoms with Crippen LogP contribution in [0.1, 0.15) is 45.1 Å². The van der Waals surface area contributed by atoms with Crippen molar-refractivity contribution in [3.63, 3.8) is 0 Å². The minimum absolute atomic E-state index is 0.328. The fourth-order valence-corrected chi connectivity index (χ4v) is 4.86. The van der Waals surface area contributed by atoms with Gasteiger partial charge in [0, 0.05) is 38.9 Å². The van der Waals surface area contributed by atoms with Crippen LogP contribution in [0.4, 0.5) is 0 Å². The lowest BCUT2D eigenvalue weighted by atomic mass is 9.95. The molecule has 1 aromatic rings. The van der Waals surface area contributed by atoms with Gasteiger partial charge in [0.1, 0.15) is 0 Å². The average molecular weight is 414 g/mol. The third kappa shape index (κ3) is 6.20. The Labute approximate surface area is 156 Å². The zero-order valence-corrected chi connectivity index (χ0v) is 17.0.